The fraction of sp³-hybridized carbons (Fsp3) is 1.00. The lowest BCUT2D eigenvalue weighted by Crippen LogP contribution is -2.59. The Bertz CT molecular complexity index is 191. The summed E-state index contributed by atoms with van der Waals surface area (Å²) >= 11 is 0. The van der Waals surface area contributed by atoms with Gasteiger partial charge in [0.05, 0.1) is 0 Å². The van der Waals surface area contributed by atoms with Crippen LogP contribution >= 0.6 is 0 Å². The molecule has 3 nitrogen and oxygen atoms in total. The van der Waals surface area contributed by atoms with Gasteiger partial charge in [-0.05, 0) is 40.3 Å². The Morgan fingerprint density at radius 3 is 2.47 bits per heavy atom. The summed E-state index contributed by atoms with van der Waals surface area (Å²) in [6.07, 6.45) is 2.35. The Balaban J connectivity index is 2.56. The van der Waals surface area contributed by atoms with Crippen LogP contribution in [-0.2, 0) is 0 Å². The van der Waals surface area contributed by atoms with Gasteiger partial charge in [-0.15, -0.1) is 0 Å². The molecule has 1 aliphatic rings. The van der Waals surface area contributed by atoms with Gasteiger partial charge in [-0.1, -0.05) is 6.92 Å². The van der Waals surface area contributed by atoms with E-state index in [1.165, 1.54) is 26.1 Å². The molecule has 0 saturated carbocycles. The van der Waals surface area contributed by atoms with E-state index in [0.29, 0.717) is 11.6 Å². The zero-order chi connectivity index (χ0) is 11.5. The molecule has 0 aliphatic carbocycles. The molecule has 0 spiro atoms. The van der Waals surface area contributed by atoms with Crippen molar-refractivity contribution >= 4 is 0 Å². The van der Waals surface area contributed by atoms with E-state index in [2.05, 4.69) is 37.6 Å². The van der Waals surface area contributed by atoms with E-state index in [4.69, 9.17) is 5.73 Å². The molecule has 1 heterocycles. The molecule has 1 aliphatic heterocycles. The maximum absolute atomic E-state index is 5.67. The van der Waals surface area contributed by atoms with Crippen molar-refractivity contribution in [2.24, 2.45) is 5.73 Å². The minimum Gasteiger partial charge on any atom is -0.330 e. The highest BCUT2D eigenvalue weighted by Gasteiger charge is 2.33. The largest absolute Gasteiger partial charge is 0.330 e. The summed E-state index contributed by atoms with van der Waals surface area (Å²) in [5.41, 5.74) is 5.98. The van der Waals surface area contributed by atoms with Crippen molar-refractivity contribution in [2.75, 3.05) is 33.2 Å². The van der Waals surface area contributed by atoms with Gasteiger partial charge in [0.15, 0.2) is 0 Å². The summed E-state index contributed by atoms with van der Waals surface area (Å²) in [6.45, 7) is 11.3. The van der Waals surface area contributed by atoms with Crippen LogP contribution in [0.2, 0.25) is 0 Å². The highest BCUT2D eigenvalue weighted by molar-refractivity contribution is 4.90. The van der Waals surface area contributed by atoms with Gasteiger partial charge in [0.2, 0.25) is 0 Å². The number of rotatable bonds is 4. The van der Waals surface area contributed by atoms with Crippen molar-refractivity contribution in [1.82, 2.24) is 9.80 Å². The second-order valence-electron chi connectivity index (χ2n) is 5.34. The van der Waals surface area contributed by atoms with Gasteiger partial charge in [-0.25, -0.2) is 0 Å². The summed E-state index contributed by atoms with van der Waals surface area (Å²) in [7, 11) is 2.22. The summed E-state index contributed by atoms with van der Waals surface area (Å²) in [4.78, 5) is 5.07. The van der Waals surface area contributed by atoms with Crippen LogP contribution in [0.5, 0.6) is 0 Å². The van der Waals surface area contributed by atoms with E-state index in [9.17, 15) is 0 Å². The van der Waals surface area contributed by atoms with Crippen LogP contribution < -0.4 is 5.73 Å². The lowest BCUT2D eigenvalue weighted by molar-refractivity contribution is 0.0143. The minimum atomic E-state index is 0.306. The van der Waals surface area contributed by atoms with Gasteiger partial charge in [0.1, 0.15) is 0 Å². The van der Waals surface area contributed by atoms with Crippen LogP contribution in [0.3, 0.4) is 0 Å². The molecule has 1 atom stereocenters. The van der Waals surface area contributed by atoms with Crippen LogP contribution in [0.4, 0.5) is 0 Å². The average Bonchev–Trinajstić information content (AvgIpc) is 2.18. The topological polar surface area (TPSA) is 32.5 Å². The molecule has 1 unspecified atom stereocenters. The second kappa shape index (κ2) is 5.28. The average molecular weight is 213 g/mol. The molecule has 0 amide bonds. The molecule has 1 rings (SSSR count). The monoisotopic (exact) mass is 213 g/mol. The highest BCUT2D eigenvalue weighted by atomic mass is 15.3. The number of nitrogens with zero attached hydrogens (tertiary/aromatic N) is 2. The molecule has 0 radical (unpaired) electrons. The molecule has 0 aromatic heterocycles. The summed E-state index contributed by atoms with van der Waals surface area (Å²) in [5.74, 6) is 0. The first kappa shape index (κ1) is 12.9. The molecule has 2 N–H and O–H groups in total. The standard InChI is InChI=1S/C12H27N3/c1-5-11(6-7-13)15-9-8-14(4)12(2,3)10-15/h11H,5-10,13H2,1-4H3. The van der Waals surface area contributed by atoms with Crippen molar-refractivity contribution in [3.63, 3.8) is 0 Å². The number of hydrogen-bond donors (Lipinski definition) is 1. The quantitative estimate of drug-likeness (QED) is 0.760. The van der Waals surface area contributed by atoms with E-state index < -0.39 is 0 Å². The van der Waals surface area contributed by atoms with Crippen LogP contribution in [-0.4, -0.2) is 54.6 Å². The van der Waals surface area contributed by atoms with Gasteiger partial charge in [-0.3, -0.25) is 9.80 Å². The number of nitrogens with two attached hydrogens (primary N) is 1. The lowest BCUT2D eigenvalue weighted by atomic mass is 9.97. The molecule has 0 aromatic carbocycles. The number of piperazine rings is 1. The smallest absolute Gasteiger partial charge is 0.0277 e. The maximum Gasteiger partial charge on any atom is 0.0277 e. The Hall–Kier alpha value is -0.120. The molecular formula is C12H27N3. The van der Waals surface area contributed by atoms with E-state index in [1.54, 1.807) is 0 Å². The Kier molecular flexibility index (Phi) is 4.56. The Morgan fingerprint density at radius 1 is 1.33 bits per heavy atom. The first-order valence-corrected chi connectivity index (χ1v) is 6.16. The van der Waals surface area contributed by atoms with Crippen LogP contribution in [0, 0.1) is 0 Å². The molecule has 1 fully saturated rings. The van der Waals surface area contributed by atoms with Gasteiger partial charge in [0.25, 0.3) is 0 Å². The molecule has 0 aromatic rings. The van der Waals surface area contributed by atoms with Crippen LogP contribution in [0.1, 0.15) is 33.6 Å². The molecule has 0 bridgehead atoms. The highest BCUT2D eigenvalue weighted by Crippen LogP contribution is 2.22. The van der Waals surface area contributed by atoms with Gasteiger partial charge >= 0.3 is 0 Å². The molecule has 15 heavy (non-hydrogen) atoms. The summed E-state index contributed by atoms with van der Waals surface area (Å²) in [6, 6.07) is 0.683. The van der Waals surface area contributed by atoms with Crippen molar-refractivity contribution in [3.8, 4) is 0 Å². The van der Waals surface area contributed by atoms with E-state index in [0.717, 1.165) is 13.0 Å². The lowest BCUT2D eigenvalue weighted by Gasteiger charge is -2.48. The predicted octanol–water partition coefficient (Wildman–Crippen LogP) is 1.14. The fourth-order valence-corrected chi connectivity index (χ4v) is 2.43. The first-order chi connectivity index (χ1) is 7.01. The Morgan fingerprint density at radius 2 is 2.00 bits per heavy atom. The van der Waals surface area contributed by atoms with Crippen molar-refractivity contribution in [3.05, 3.63) is 0 Å². The maximum atomic E-state index is 5.67. The van der Waals surface area contributed by atoms with Crippen LogP contribution in [0.15, 0.2) is 0 Å². The number of likely N-dealkylation sites (N-methyl/N-ethyl adjacent to an activating group) is 1. The molecule has 3 heteroatoms. The fourth-order valence-electron chi connectivity index (χ4n) is 2.43. The van der Waals surface area contributed by atoms with Crippen LogP contribution in [0.25, 0.3) is 0 Å². The van der Waals surface area contributed by atoms with Crippen molar-refractivity contribution in [2.45, 2.75) is 45.2 Å². The van der Waals surface area contributed by atoms with Crippen molar-refractivity contribution < 1.29 is 0 Å². The predicted molar refractivity (Wildman–Crippen MR) is 66.0 cm³/mol. The zero-order valence-corrected chi connectivity index (χ0v) is 10.8. The van der Waals surface area contributed by atoms with Gasteiger partial charge < -0.3 is 5.73 Å². The molecular weight excluding hydrogens is 186 g/mol. The summed E-state index contributed by atoms with van der Waals surface area (Å²) in [5, 5.41) is 0. The normalized spacial score (nSPS) is 25.4. The van der Waals surface area contributed by atoms with Gasteiger partial charge in [0, 0.05) is 31.2 Å². The first-order valence-electron chi connectivity index (χ1n) is 6.16. The third-order valence-electron chi connectivity index (χ3n) is 3.83. The third-order valence-corrected chi connectivity index (χ3v) is 3.83. The molecule has 1 saturated heterocycles. The number of hydrogen-bond acceptors (Lipinski definition) is 3. The minimum absolute atomic E-state index is 0.306. The Labute approximate surface area is 94.6 Å². The SMILES string of the molecule is CCC(CCN)N1CCN(C)C(C)(C)C1. The van der Waals surface area contributed by atoms with E-state index in [1.807, 2.05) is 0 Å². The second-order valence-corrected chi connectivity index (χ2v) is 5.34. The van der Waals surface area contributed by atoms with Gasteiger partial charge in [-0.2, -0.15) is 0 Å². The van der Waals surface area contributed by atoms with Crippen molar-refractivity contribution in [1.29, 1.82) is 0 Å². The zero-order valence-electron chi connectivity index (χ0n) is 10.8. The molecule has 90 valence electrons. The van der Waals surface area contributed by atoms with E-state index >= 15 is 0 Å². The third kappa shape index (κ3) is 3.16. The summed E-state index contributed by atoms with van der Waals surface area (Å²) < 4.78 is 0. The van der Waals surface area contributed by atoms with E-state index in [-0.39, 0.29) is 0 Å².